The SMILES string of the molecule is Cc1nsc(Nc2cnc(C(F)(F)F)cn2)c1C(=O)Nc1ccc(O[C@@H]2CN(CCC(F)(F)F)C[C@H]2F)nc1. The Hall–Kier alpha value is -3.60. The Balaban J connectivity index is 1.35. The molecular weight excluding hydrogens is 559 g/mol. The summed E-state index contributed by atoms with van der Waals surface area (Å²) in [6.45, 7) is 1.02. The van der Waals surface area contributed by atoms with E-state index in [1.165, 1.54) is 23.2 Å². The molecule has 9 nitrogen and oxygen atoms in total. The first-order valence-electron chi connectivity index (χ1n) is 11.3. The highest BCUT2D eigenvalue weighted by atomic mass is 32.1. The molecule has 4 heterocycles. The van der Waals surface area contributed by atoms with E-state index in [4.69, 9.17) is 4.74 Å². The molecule has 1 amide bonds. The third-order valence-corrected chi connectivity index (χ3v) is 6.38. The molecule has 0 radical (unpaired) electrons. The van der Waals surface area contributed by atoms with E-state index in [-0.39, 0.29) is 47.6 Å². The average molecular weight is 580 g/mol. The largest absolute Gasteiger partial charge is 0.470 e. The number of halogens is 7. The second-order valence-corrected chi connectivity index (χ2v) is 9.29. The van der Waals surface area contributed by atoms with Crippen LogP contribution in [0, 0.1) is 6.92 Å². The Morgan fingerprint density at radius 3 is 2.49 bits per heavy atom. The molecule has 3 aromatic rings. The molecule has 3 aromatic heterocycles. The van der Waals surface area contributed by atoms with Crippen molar-refractivity contribution in [3.8, 4) is 5.88 Å². The maximum atomic E-state index is 14.3. The molecule has 0 aromatic carbocycles. The van der Waals surface area contributed by atoms with Gasteiger partial charge in [-0.2, -0.15) is 30.7 Å². The number of likely N-dealkylation sites (tertiary alicyclic amines) is 1. The quantitative estimate of drug-likeness (QED) is 0.359. The topological polar surface area (TPSA) is 105 Å². The van der Waals surface area contributed by atoms with Crippen LogP contribution in [-0.2, 0) is 6.18 Å². The Bertz CT molecular complexity index is 1280. The zero-order valence-electron chi connectivity index (χ0n) is 20.0. The van der Waals surface area contributed by atoms with Gasteiger partial charge in [0.1, 0.15) is 16.9 Å². The minimum Gasteiger partial charge on any atom is -0.470 e. The fraction of sp³-hybridized carbons (Fsp3) is 0.409. The second-order valence-electron chi connectivity index (χ2n) is 8.52. The minimum atomic E-state index is -4.64. The number of carbonyl (C=O) groups is 1. The zero-order valence-corrected chi connectivity index (χ0v) is 20.8. The van der Waals surface area contributed by atoms with Crippen molar-refractivity contribution < 1.29 is 40.3 Å². The maximum absolute atomic E-state index is 14.3. The van der Waals surface area contributed by atoms with Gasteiger partial charge in [0.15, 0.2) is 11.9 Å². The summed E-state index contributed by atoms with van der Waals surface area (Å²) < 4.78 is 99.2. The Kier molecular flexibility index (Phi) is 8.20. The summed E-state index contributed by atoms with van der Waals surface area (Å²) in [6.07, 6.45) is -9.83. The lowest BCUT2D eigenvalue weighted by Crippen LogP contribution is -2.29. The van der Waals surface area contributed by atoms with Gasteiger partial charge >= 0.3 is 12.4 Å². The highest BCUT2D eigenvalue weighted by Crippen LogP contribution is 2.30. The van der Waals surface area contributed by atoms with Crippen molar-refractivity contribution in [2.75, 3.05) is 30.3 Å². The van der Waals surface area contributed by atoms with Crippen LogP contribution in [0.2, 0.25) is 0 Å². The van der Waals surface area contributed by atoms with Gasteiger partial charge in [0, 0.05) is 25.7 Å². The van der Waals surface area contributed by atoms with Crippen molar-refractivity contribution in [3.05, 3.63) is 47.7 Å². The lowest BCUT2D eigenvalue weighted by molar-refractivity contribution is -0.141. The molecule has 0 aliphatic carbocycles. The molecule has 0 bridgehead atoms. The molecular formula is C22H20F7N7O2S. The first kappa shape index (κ1) is 28.4. The lowest BCUT2D eigenvalue weighted by Gasteiger charge is -2.17. The smallest absolute Gasteiger partial charge is 0.434 e. The van der Waals surface area contributed by atoms with Gasteiger partial charge in [-0.1, -0.05) is 0 Å². The van der Waals surface area contributed by atoms with Gasteiger partial charge in [-0.15, -0.1) is 0 Å². The van der Waals surface area contributed by atoms with Crippen LogP contribution in [0.25, 0.3) is 0 Å². The van der Waals surface area contributed by atoms with Crippen LogP contribution < -0.4 is 15.4 Å². The Morgan fingerprint density at radius 2 is 1.87 bits per heavy atom. The minimum absolute atomic E-state index is 0.0231. The number of anilines is 3. The van der Waals surface area contributed by atoms with Crippen molar-refractivity contribution in [3.63, 3.8) is 0 Å². The lowest BCUT2D eigenvalue weighted by atomic mass is 10.2. The number of amides is 1. The van der Waals surface area contributed by atoms with Crippen LogP contribution in [0.1, 0.15) is 28.2 Å². The van der Waals surface area contributed by atoms with Gasteiger partial charge in [-0.25, -0.2) is 19.3 Å². The predicted octanol–water partition coefficient (Wildman–Crippen LogP) is 5.00. The molecule has 1 aliphatic rings. The number of nitrogens with zero attached hydrogens (tertiary/aromatic N) is 5. The van der Waals surface area contributed by atoms with E-state index in [0.29, 0.717) is 11.9 Å². The summed E-state index contributed by atoms with van der Waals surface area (Å²) in [5, 5.41) is 5.55. The van der Waals surface area contributed by atoms with E-state index in [9.17, 15) is 35.5 Å². The van der Waals surface area contributed by atoms with Crippen LogP contribution in [-0.4, -0.2) is 68.2 Å². The number of hydrogen-bond donors (Lipinski definition) is 2. The fourth-order valence-corrected chi connectivity index (χ4v) is 4.44. The van der Waals surface area contributed by atoms with Gasteiger partial charge in [-0.3, -0.25) is 9.69 Å². The van der Waals surface area contributed by atoms with Crippen LogP contribution in [0.15, 0.2) is 30.7 Å². The van der Waals surface area contributed by atoms with Crippen molar-refractivity contribution in [2.45, 2.75) is 38.0 Å². The van der Waals surface area contributed by atoms with Gasteiger partial charge < -0.3 is 15.4 Å². The van der Waals surface area contributed by atoms with E-state index >= 15 is 0 Å². The maximum Gasteiger partial charge on any atom is 0.434 e. The number of hydrogen-bond acceptors (Lipinski definition) is 9. The molecule has 210 valence electrons. The number of aromatic nitrogens is 4. The zero-order chi connectivity index (χ0) is 28.4. The van der Waals surface area contributed by atoms with E-state index in [2.05, 4.69) is 30.0 Å². The molecule has 1 aliphatic heterocycles. The van der Waals surface area contributed by atoms with Crippen molar-refractivity contribution in [1.82, 2.24) is 24.2 Å². The van der Waals surface area contributed by atoms with E-state index < -0.39 is 42.7 Å². The van der Waals surface area contributed by atoms with Crippen molar-refractivity contribution in [1.29, 1.82) is 0 Å². The highest BCUT2D eigenvalue weighted by Gasteiger charge is 2.37. The summed E-state index contributed by atoms with van der Waals surface area (Å²) in [5.74, 6) is -0.604. The van der Waals surface area contributed by atoms with Gasteiger partial charge in [-0.05, 0) is 24.5 Å². The molecule has 1 saturated heterocycles. The van der Waals surface area contributed by atoms with Gasteiger partial charge in [0.25, 0.3) is 5.91 Å². The van der Waals surface area contributed by atoms with E-state index in [1.807, 2.05) is 0 Å². The fourth-order valence-electron chi connectivity index (χ4n) is 3.64. The van der Waals surface area contributed by atoms with Crippen LogP contribution in [0.4, 0.5) is 47.2 Å². The van der Waals surface area contributed by atoms with Gasteiger partial charge in [0.2, 0.25) is 5.88 Å². The number of pyridine rings is 1. The molecule has 4 rings (SSSR count). The number of rotatable bonds is 8. The summed E-state index contributed by atoms with van der Waals surface area (Å²) in [7, 11) is 0. The molecule has 0 spiro atoms. The first-order chi connectivity index (χ1) is 18.3. The molecule has 2 N–H and O–H groups in total. The number of carbonyl (C=O) groups excluding carboxylic acids is 1. The molecule has 1 fully saturated rings. The normalized spacial score (nSPS) is 18.3. The number of nitrogens with one attached hydrogen (secondary N) is 2. The monoisotopic (exact) mass is 579 g/mol. The molecule has 2 atom stereocenters. The summed E-state index contributed by atoms with van der Waals surface area (Å²) >= 11 is 0.895. The van der Waals surface area contributed by atoms with Crippen LogP contribution >= 0.6 is 11.5 Å². The van der Waals surface area contributed by atoms with E-state index in [1.54, 1.807) is 6.92 Å². The first-order valence-corrected chi connectivity index (χ1v) is 12.1. The Labute approximate surface area is 220 Å². The second kappa shape index (κ2) is 11.3. The predicted molar refractivity (Wildman–Crippen MR) is 126 cm³/mol. The van der Waals surface area contributed by atoms with Crippen LogP contribution in [0.5, 0.6) is 5.88 Å². The standard InChI is InChI=1S/C22H20F7N7O2S/c1-11-18(20(39-35-11)34-16-8-30-15(7-31-16)22(27,28)29)19(37)33-12-2-3-17(32-6-12)38-14-10-36(9-13(14)23)5-4-21(24,25)26/h2-3,6-8,13-14H,4-5,9-10H2,1H3,(H,31,34)(H,33,37)/t13-,14-/m1/s1. The molecule has 0 saturated carbocycles. The Morgan fingerprint density at radius 1 is 1.10 bits per heavy atom. The summed E-state index contributed by atoms with van der Waals surface area (Å²) in [5.41, 5.74) is -0.460. The summed E-state index contributed by atoms with van der Waals surface area (Å²) in [6, 6.07) is 2.81. The van der Waals surface area contributed by atoms with Gasteiger partial charge in [0.05, 0.1) is 42.0 Å². The number of alkyl halides is 7. The summed E-state index contributed by atoms with van der Waals surface area (Å²) in [4.78, 5) is 25.2. The van der Waals surface area contributed by atoms with Crippen molar-refractivity contribution in [2.24, 2.45) is 0 Å². The van der Waals surface area contributed by atoms with E-state index in [0.717, 1.165) is 17.7 Å². The third kappa shape index (κ3) is 7.50. The third-order valence-electron chi connectivity index (χ3n) is 5.53. The van der Waals surface area contributed by atoms with Crippen LogP contribution in [0.3, 0.4) is 0 Å². The van der Waals surface area contributed by atoms with Crippen molar-refractivity contribution >= 4 is 33.9 Å². The molecule has 39 heavy (non-hydrogen) atoms. The highest BCUT2D eigenvalue weighted by molar-refractivity contribution is 7.10. The average Bonchev–Trinajstić information content (AvgIpc) is 3.39. The number of aryl methyl sites for hydroxylation is 1. The molecule has 0 unspecified atom stereocenters. The molecule has 17 heteroatoms. The number of ether oxygens (including phenoxy) is 1.